The van der Waals surface area contributed by atoms with Crippen molar-refractivity contribution in [3.63, 3.8) is 0 Å². The fourth-order valence-electron chi connectivity index (χ4n) is 5.57. The fraction of sp³-hybridized carbons (Fsp3) is 0.333. The third-order valence-electron chi connectivity index (χ3n) is 7.67. The van der Waals surface area contributed by atoms with Gasteiger partial charge in [0.05, 0.1) is 16.8 Å². The molecule has 2 saturated heterocycles. The molecule has 188 valence electrons. The summed E-state index contributed by atoms with van der Waals surface area (Å²) in [5, 5.41) is 17.9. The summed E-state index contributed by atoms with van der Waals surface area (Å²) >= 11 is 6.71. The first kappa shape index (κ1) is 23.6. The van der Waals surface area contributed by atoms with Gasteiger partial charge in [-0.2, -0.15) is 10.4 Å². The monoisotopic (exact) mass is 517 g/mol. The Balaban J connectivity index is 1.51. The van der Waals surface area contributed by atoms with Gasteiger partial charge in [0.2, 0.25) is 0 Å². The number of halogens is 2. The lowest BCUT2D eigenvalue weighted by molar-refractivity contribution is 0.247. The Morgan fingerprint density at radius 1 is 1.16 bits per heavy atom. The smallest absolute Gasteiger partial charge is 0.279 e. The molecule has 10 heteroatoms. The van der Waals surface area contributed by atoms with Crippen LogP contribution in [0.25, 0.3) is 28.0 Å². The molecule has 2 aliphatic heterocycles. The molecule has 37 heavy (non-hydrogen) atoms. The average molecular weight is 518 g/mol. The SMILES string of the molecule is Cn1cc2cc(-n3c(-c4ccc(C#N)c(F)c4)nc(N4CCC5(CCNC5)CC4)c(Cl)c3=O)ccc2n1. The van der Waals surface area contributed by atoms with E-state index in [1.807, 2.05) is 31.4 Å². The molecule has 4 heterocycles. The summed E-state index contributed by atoms with van der Waals surface area (Å²) in [4.78, 5) is 20.7. The van der Waals surface area contributed by atoms with E-state index in [1.165, 1.54) is 16.7 Å². The van der Waals surface area contributed by atoms with Crippen LogP contribution < -0.4 is 15.8 Å². The molecule has 0 saturated carbocycles. The lowest BCUT2D eigenvalue weighted by atomic mass is 9.78. The molecule has 2 aromatic heterocycles. The summed E-state index contributed by atoms with van der Waals surface area (Å²) in [5.41, 5.74) is 1.49. The van der Waals surface area contributed by atoms with Crippen LogP contribution in [0.1, 0.15) is 24.8 Å². The average Bonchev–Trinajstić information content (AvgIpc) is 3.51. The number of hydrogen-bond donors (Lipinski definition) is 1. The van der Waals surface area contributed by atoms with Crippen molar-refractivity contribution in [3.8, 4) is 23.1 Å². The third-order valence-corrected chi connectivity index (χ3v) is 8.01. The number of nitrogens with one attached hydrogen (secondary N) is 1. The normalized spacial score (nSPS) is 17.0. The van der Waals surface area contributed by atoms with Crippen molar-refractivity contribution in [1.82, 2.24) is 24.6 Å². The largest absolute Gasteiger partial charge is 0.355 e. The van der Waals surface area contributed by atoms with Crippen molar-refractivity contribution in [2.75, 3.05) is 31.1 Å². The summed E-state index contributed by atoms with van der Waals surface area (Å²) < 4.78 is 17.8. The number of benzene rings is 2. The maximum atomic E-state index is 14.7. The predicted molar refractivity (Wildman–Crippen MR) is 141 cm³/mol. The molecule has 1 N–H and O–H groups in total. The maximum absolute atomic E-state index is 14.7. The Morgan fingerprint density at radius 3 is 2.68 bits per heavy atom. The molecular formula is C27H25ClFN7O. The number of nitriles is 1. The van der Waals surface area contributed by atoms with E-state index in [2.05, 4.69) is 15.3 Å². The number of nitrogens with zero attached hydrogens (tertiary/aromatic N) is 6. The Hall–Kier alpha value is -3.74. The molecule has 0 aliphatic carbocycles. The Kier molecular flexibility index (Phi) is 5.74. The van der Waals surface area contributed by atoms with Crippen LogP contribution in [0.2, 0.25) is 5.02 Å². The van der Waals surface area contributed by atoms with Crippen LogP contribution in [0.15, 0.2) is 47.4 Å². The van der Waals surface area contributed by atoms with Gasteiger partial charge in [0, 0.05) is 43.8 Å². The summed E-state index contributed by atoms with van der Waals surface area (Å²) in [6.45, 7) is 3.52. The van der Waals surface area contributed by atoms with Crippen LogP contribution in [0, 0.1) is 22.6 Å². The van der Waals surface area contributed by atoms with Crippen LogP contribution in [0.4, 0.5) is 10.2 Å². The number of hydrogen-bond acceptors (Lipinski definition) is 6. The molecule has 0 amide bonds. The Labute approximate surface area is 217 Å². The van der Waals surface area contributed by atoms with E-state index in [9.17, 15) is 14.4 Å². The molecule has 0 radical (unpaired) electrons. The second-order valence-electron chi connectivity index (χ2n) is 9.98. The molecule has 0 unspecified atom stereocenters. The van der Waals surface area contributed by atoms with E-state index < -0.39 is 11.4 Å². The van der Waals surface area contributed by atoms with Gasteiger partial charge in [-0.05, 0) is 67.6 Å². The van der Waals surface area contributed by atoms with Crippen molar-refractivity contribution in [1.29, 1.82) is 5.26 Å². The summed E-state index contributed by atoms with van der Waals surface area (Å²) in [5.74, 6) is -0.00143. The van der Waals surface area contributed by atoms with E-state index in [1.54, 1.807) is 16.8 Å². The van der Waals surface area contributed by atoms with Crippen LogP contribution in [-0.2, 0) is 7.05 Å². The number of anilines is 1. The lowest BCUT2D eigenvalue weighted by Gasteiger charge is -2.39. The van der Waals surface area contributed by atoms with E-state index in [-0.39, 0.29) is 21.8 Å². The molecule has 2 fully saturated rings. The molecule has 0 bridgehead atoms. The van der Waals surface area contributed by atoms with Crippen molar-refractivity contribution in [3.05, 3.63) is 69.4 Å². The Bertz CT molecular complexity index is 1620. The number of aryl methyl sites for hydroxylation is 1. The van der Waals surface area contributed by atoms with Gasteiger partial charge in [0.25, 0.3) is 5.56 Å². The Morgan fingerprint density at radius 2 is 1.97 bits per heavy atom. The zero-order valence-electron chi connectivity index (χ0n) is 20.3. The van der Waals surface area contributed by atoms with Gasteiger partial charge in [-0.15, -0.1) is 0 Å². The first-order valence-electron chi connectivity index (χ1n) is 12.3. The third kappa shape index (κ3) is 4.06. The number of aromatic nitrogens is 4. The van der Waals surface area contributed by atoms with Crippen molar-refractivity contribution < 1.29 is 4.39 Å². The van der Waals surface area contributed by atoms with E-state index >= 15 is 0 Å². The first-order chi connectivity index (χ1) is 17.9. The molecule has 4 aromatic rings. The predicted octanol–water partition coefficient (Wildman–Crippen LogP) is 4.03. The van der Waals surface area contributed by atoms with E-state index in [0.29, 0.717) is 17.1 Å². The quantitative estimate of drug-likeness (QED) is 0.441. The van der Waals surface area contributed by atoms with Gasteiger partial charge in [-0.25, -0.2) is 9.37 Å². The highest BCUT2D eigenvalue weighted by Crippen LogP contribution is 2.39. The minimum Gasteiger partial charge on any atom is -0.355 e. The minimum atomic E-state index is -0.673. The van der Waals surface area contributed by atoms with Crippen LogP contribution >= 0.6 is 11.6 Å². The van der Waals surface area contributed by atoms with Gasteiger partial charge in [-0.1, -0.05) is 11.6 Å². The minimum absolute atomic E-state index is 0.0321. The standard InChI is InChI=1S/C27H25ClFN7O/c1-34-15-19-12-20(4-5-22(19)33-34)36-24(17-2-3-18(14-30)21(29)13-17)32-25(23(28)26(36)37)35-10-7-27(8-11-35)6-9-31-16-27/h2-5,12-13,15,31H,6-11,16H2,1H3. The molecule has 8 nitrogen and oxygen atoms in total. The second kappa shape index (κ2) is 8.98. The fourth-order valence-corrected chi connectivity index (χ4v) is 5.81. The molecule has 2 aromatic carbocycles. The second-order valence-corrected chi connectivity index (χ2v) is 10.4. The van der Waals surface area contributed by atoms with Crippen molar-refractivity contribution in [2.45, 2.75) is 19.3 Å². The lowest BCUT2D eigenvalue weighted by Crippen LogP contribution is -2.42. The highest BCUT2D eigenvalue weighted by Gasteiger charge is 2.38. The molecule has 0 atom stereocenters. The topological polar surface area (TPSA) is 91.8 Å². The zero-order chi connectivity index (χ0) is 25.7. The van der Waals surface area contributed by atoms with E-state index in [4.69, 9.17) is 16.6 Å². The zero-order valence-corrected chi connectivity index (χ0v) is 21.1. The van der Waals surface area contributed by atoms with E-state index in [0.717, 1.165) is 56.3 Å². The van der Waals surface area contributed by atoms with Crippen LogP contribution in [0.3, 0.4) is 0 Å². The van der Waals surface area contributed by atoms with Crippen LogP contribution in [0.5, 0.6) is 0 Å². The maximum Gasteiger partial charge on any atom is 0.279 e. The van der Waals surface area contributed by atoms with Gasteiger partial charge in [0.1, 0.15) is 22.7 Å². The first-order valence-corrected chi connectivity index (χ1v) is 12.7. The summed E-state index contributed by atoms with van der Waals surface area (Å²) in [6.07, 6.45) is 4.98. The molecule has 1 spiro atoms. The number of fused-ring (bicyclic) bond motifs is 1. The highest BCUT2D eigenvalue weighted by atomic mass is 35.5. The van der Waals surface area contributed by atoms with Crippen molar-refractivity contribution in [2.24, 2.45) is 12.5 Å². The summed E-state index contributed by atoms with van der Waals surface area (Å²) in [6, 6.07) is 11.5. The summed E-state index contributed by atoms with van der Waals surface area (Å²) in [7, 11) is 1.83. The van der Waals surface area contributed by atoms with Crippen LogP contribution in [-0.4, -0.2) is 45.5 Å². The van der Waals surface area contributed by atoms with Gasteiger partial charge in [0.15, 0.2) is 5.82 Å². The number of piperidine rings is 1. The van der Waals surface area contributed by atoms with Gasteiger partial charge >= 0.3 is 0 Å². The molecule has 2 aliphatic rings. The van der Waals surface area contributed by atoms with Gasteiger partial charge < -0.3 is 10.2 Å². The molecule has 6 rings (SSSR count). The van der Waals surface area contributed by atoms with Gasteiger partial charge in [-0.3, -0.25) is 14.0 Å². The molecular weight excluding hydrogens is 493 g/mol. The number of rotatable bonds is 3. The van der Waals surface area contributed by atoms with Crippen molar-refractivity contribution >= 4 is 28.3 Å². The highest BCUT2D eigenvalue weighted by molar-refractivity contribution is 6.32.